The molecule has 2 rings (SSSR count). The molecule has 0 bridgehead atoms. The number of alkyl halides is 3. The van der Waals surface area contributed by atoms with Gasteiger partial charge in [-0.05, 0) is 41.6 Å². The van der Waals surface area contributed by atoms with E-state index in [4.69, 9.17) is 0 Å². The zero-order valence-electron chi connectivity index (χ0n) is 9.55. The van der Waals surface area contributed by atoms with Gasteiger partial charge in [-0.25, -0.2) is 0 Å². The quantitative estimate of drug-likeness (QED) is 0.864. The van der Waals surface area contributed by atoms with Crippen LogP contribution in [0.3, 0.4) is 0 Å². The van der Waals surface area contributed by atoms with Crippen LogP contribution >= 0.6 is 15.9 Å². The molecule has 0 fully saturated rings. The second-order valence-electron chi connectivity index (χ2n) is 4.01. The molecule has 0 aliphatic heterocycles. The van der Waals surface area contributed by atoms with E-state index >= 15 is 0 Å². The van der Waals surface area contributed by atoms with E-state index in [1.165, 1.54) is 13.1 Å². The van der Waals surface area contributed by atoms with E-state index in [-0.39, 0.29) is 5.56 Å². The normalized spacial score (nSPS) is 13.8. The molecule has 0 unspecified atom stereocenters. The van der Waals surface area contributed by atoms with Gasteiger partial charge in [0.05, 0.1) is 0 Å². The van der Waals surface area contributed by atoms with E-state index in [0.717, 1.165) is 15.2 Å². The van der Waals surface area contributed by atoms with Crippen LogP contribution in [0.5, 0.6) is 0 Å². The van der Waals surface area contributed by atoms with Crippen LogP contribution < -0.4 is 5.32 Å². The van der Waals surface area contributed by atoms with Crippen molar-refractivity contribution in [2.75, 3.05) is 7.05 Å². The van der Waals surface area contributed by atoms with Crippen molar-refractivity contribution < 1.29 is 13.2 Å². The summed E-state index contributed by atoms with van der Waals surface area (Å²) in [6, 6.07) is 8.62. The number of halogens is 4. The highest BCUT2D eigenvalue weighted by atomic mass is 79.9. The summed E-state index contributed by atoms with van der Waals surface area (Å²) < 4.78 is 39.3. The van der Waals surface area contributed by atoms with Crippen LogP contribution in [-0.2, 0) is 0 Å². The van der Waals surface area contributed by atoms with Crippen LogP contribution in [-0.4, -0.2) is 13.2 Å². The molecule has 0 spiro atoms. The summed E-state index contributed by atoms with van der Waals surface area (Å²) in [5.74, 6) is 0. The van der Waals surface area contributed by atoms with Crippen molar-refractivity contribution in [3.63, 3.8) is 0 Å². The number of nitrogens with one attached hydrogen (secondary N) is 1. The van der Waals surface area contributed by atoms with Gasteiger partial charge < -0.3 is 5.32 Å². The van der Waals surface area contributed by atoms with Crippen molar-refractivity contribution in [3.05, 3.63) is 46.4 Å². The van der Waals surface area contributed by atoms with Crippen molar-refractivity contribution >= 4 is 26.7 Å². The smallest absolute Gasteiger partial charge is 0.306 e. The lowest BCUT2D eigenvalue weighted by molar-refractivity contribution is -0.156. The monoisotopic (exact) mass is 317 g/mol. The maximum Gasteiger partial charge on any atom is 0.407 e. The molecule has 18 heavy (non-hydrogen) atoms. The first kappa shape index (κ1) is 13.4. The standard InChI is InChI=1S/C13H11BrF3N/c1-18-12(13(15,16)17)10-3-2-9-7-11(14)5-4-8(9)6-10/h2-7,12,18H,1H3/t12-/m0/s1. The SMILES string of the molecule is CN[C@@H](c1ccc2cc(Br)ccc2c1)C(F)(F)F. The Morgan fingerprint density at radius 3 is 2.28 bits per heavy atom. The van der Waals surface area contributed by atoms with Gasteiger partial charge in [-0.15, -0.1) is 0 Å². The average molecular weight is 318 g/mol. The highest BCUT2D eigenvalue weighted by Crippen LogP contribution is 2.33. The van der Waals surface area contributed by atoms with Crippen LogP contribution in [0.25, 0.3) is 10.8 Å². The third-order valence-corrected chi connectivity index (χ3v) is 3.27. The number of rotatable bonds is 2. The van der Waals surface area contributed by atoms with Crippen LogP contribution in [0.4, 0.5) is 13.2 Å². The van der Waals surface area contributed by atoms with Crippen molar-refractivity contribution in [1.82, 2.24) is 5.32 Å². The van der Waals surface area contributed by atoms with Crippen molar-refractivity contribution in [2.24, 2.45) is 0 Å². The summed E-state index contributed by atoms with van der Waals surface area (Å²) in [5, 5.41) is 4.00. The molecule has 0 aliphatic rings. The van der Waals surface area contributed by atoms with Gasteiger partial charge in [-0.2, -0.15) is 13.2 Å². The van der Waals surface area contributed by atoms with Gasteiger partial charge in [0.25, 0.3) is 0 Å². The van der Waals surface area contributed by atoms with E-state index in [0.29, 0.717) is 0 Å². The maximum absolute atomic E-state index is 12.8. The van der Waals surface area contributed by atoms with Crippen molar-refractivity contribution in [1.29, 1.82) is 0 Å². The average Bonchev–Trinajstić information content (AvgIpc) is 2.28. The predicted octanol–water partition coefficient (Wildman–Crippen LogP) is 4.43. The van der Waals surface area contributed by atoms with E-state index in [2.05, 4.69) is 21.2 Å². The fourth-order valence-corrected chi connectivity index (χ4v) is 2.31. The van der Waals surface area contributed by atoms with Gasteiger partial charge in [0, 0.05) is 4.47 Å². The summed E-state index contributed by atoms with van der Waals surface area (Å²) in [7, 11) is 1.31. The number of hydrogen-bond acceptors (Lipinski definition) is 1. The fraction of sp³-hybridized carbons (Fsp3) is 0.231. The lowest BCUT2D eigenvalue weighted by atomic mass is 10.0. The van der Waals surface area contributed by atoms with Crippen LogP contribution in [0.2, 0.25) is 0 Å². The Morgan fingerprint density at radius 2 is 1.67 bits per heavy atom. The van der Waals surface area contributed by atoms with Gasteiger partial charge in [0.15, 0.2) is 0 Å². The minimum Gasteiger partial charge on any atom is -0.306 e. The number of fused-ring (bicyclic) bond motifs is 1. The molecule has 5 heteroatoms. The van der Waals surface area contributed by atoms with E-state index < -0.39 is 12.2 Å². The van der Waals surface area contributed by atoms with E-state index in [9.17, 15) is 13.2 Å². The molecular weight excluding hydrogens is 307 g/mol. The first-order valence-electron chi connectivity index (χ1n) is 5.35. The van der Waals surface area contributed by atoms with E-state index in [1.54, 1.807) is 18.2 Å². The lowest BCUT2D eigenvalue weighted by Crippen LogP contribution is -2.31. The molecule has 96 valence electrons. The molecule has 0 saturated heterocycles. The molecule has 1 N–H and O–H groups in total. The van der Waals surface area contributed by atoms with Crippen LogP contribution in [0.1, 0.15) is 11.6 Å². The molecule has 0 aliphatic carbocycles. The zero-order chi connectivity index (χ0) is 13.3. The predicted molar refractivity (Wildman–Crippen MR) is 69.5 cm³/mol. The third kappa shape index (κ3) is 2.67. The Kier molecular flexibility index (Phi) is 3.64. The van der Waals surface area contributed by atoms with Gasteiger partial charge in [0.1, 0.15) is 6.04 Å². The largest absolute Gasteiger partial charge is 0.407 e. The van der Waals surface area contributed by atoms with Crippen molar-refractivity contribution in [2.45, 2.75) is 12.2 Å². The topological polar surface area (TPSA) is 12.0 Å². The molecule has 0 radical (unpaired) electrons. The molecule has 0 saturated carbocycles. The maximum atomic E-state index is 12.8. The Hall–Kier alpha value is -1.07. The van der Waals surface area contributed by atoms with Crippen LogP contribution in [0.15, 0.2) is 40.9 Å². The highest BCUT2D eigenvalue weighted by Gasteiger charge is 2.39. The summed E-state index contributed by atoms with van der Waals surface area (Å²) >= 11 is 3.33. The zero-order valence-corrected chi connectivity index (χ0v) is 11.1. The Morgan fingerprint density at radius 1 is 1.06 bits per heavy atom. The molecule has 1 nitrogen and oxygen atoms in total. The van der Waals surface area contributed by atoms with Gasteiger partial charge in [-0.1, -0.05) is 34.1 Å². The minimum atomic E-state index is -4.29. The van der Waals surface area contributed by atoms with Crippen LogP contribution in [0, 0.1) is 0 Å². The molecule has 2 aromatic carbocycles. The first-order chi connectivity index (χ1) is 8.41. The van der Waals surface area contributed by atoms with Crippen molar-refractivity contribution in [3.8, 4) is 0 Å². The van der Waals surface area contributed by atoms with Gasteiger partial charge in [0.2, 0.25) is 0 Å². The summed E-state index contributed by atoms with van der Waals surface area (Å²) in [6.45, 7) is 0. The second-order valence-corrected chi connectivity index (χ2v) is 4.93. The molecule has 1 atom stereocenters. The van der Waals surface area contributed by atoms with E-state index in [1.807, 2.05) is 12.1 Å². The van der Waals surface area contributed by atoms with Gasteiger partial charge in [-0.3, -0.25) is 0 Å². The van der Waals surface area contributed by atoms with Gasteiger partial charge >= 0.3 is 6.18 Å². The third-order valence-electron chi connectivity index (χ3n) is 2.78. The number of hydrogen-bond donors (Lipinski definition) is 1. The number of benzene rings is 2. The fourth-order valence-electron chi connectivity index (χ4n) is 1.93. The molecule has 0 aromatic heterocycles. The summed E-state index contributed by atoms with van der Waals surface area (Å²) in [5.41, 5.74) is 0.222. The Labute approximate surface area is 111 Å². The second kappa shape index (κ2) is 4.90. The molecule has 0 amide bonds. The molecule has 2 aromatic rings. The summed E-state index contributed by atoms with van der Waals surface area (Å²) in [6.07, 6.45) is -4.29. The molecule has 0 heterocycles. The summed E-state index contributed by atoms with van der Waals surface area (Å²) in [4.78, 5) is 0. The Balaban J connectivity index is 2.49. The minimum absolute atomic E-state index is 0.222. The lowest BCUT2D eigenvalue weighted by Gasteiger charge is -2.20. The molecular formula is C13H11BrF3N. The first-order valence-corrected chi connectivity index (χ1v) is 6.14. The highest BCUT2D eigenvalue weighted by molar-refractivity contribution is 9.10. The Bertz CT molecular complexity index is 566.